The molecule has 0 unspecified atom stereocenters. The third kappa shape index (κ3) is 3.96. The molecule has 1 aromatic heterocycles. The van der Waals surface area contributed by atoms with Gasteiger partial charge in [0.2, 0.25) is 5.95 Å². The molecule has 6 nitrogen and oxygen atoms in total. The number of hydrogen-bond donors (Lipinski definition) is 1. The summed E-state index contributed by atoms with van der Waals surface area (Å²) >= 11 is 3.44. The second-order valence-electron chi connectivity index (χ2n) is 7.97. The molecule has 3 aromatic rings. The number of carbonyl (C=O) groups excluding carboxylic acids is 1. The van der Waals surface area contributed by atoms with Gasteiger partial charge in [-0.05, 0) is 35.2 Å². The maximum absolute atomic E-state index is 13.4. The van der Waals surface area contributed by atoms with Gasteiger partial charge in [0.1, 0.15) is 5.82 Å². The highest BCUT2D eigenvalue weighted by molar-refractivity contribution is 9.10. The molecule has 2 heterocycles. The van der Waals surface area contributed by atoms with Crippen molar-refractivity contribution in [2.24, 2.45) is 5.92 Å². The zero-order valence-corrected chi connectivity index (χ0v) is 18.7. The summed E-state index contributed by atoms with van der Waals surface area (Å²) in [4.78, 5) is 14.1. The average Bonchev–Trinajstić information content (AvgIpc) is 3.27. The summed E-state index contributed by atoms with van der Waals surface area (Å²) < 4.78 is 16.2. The number of fused-ring (bicyclic) bond motifs is 1. The second-order valence-corrected chi connectivity index (χ2v) is 8.83. The fraction of sp³-hybridized carbons (Fsp3) is 0.318. The van der Waals surface area contributed by atoms with E-state index in [2.05, 4.69) is 49.9 Å². The summed E-state index contributed by atoms with van der Waals surface area (Å²) in [7, 11) is 1.94. The maximum Gasteiger partial charge on any atom is 0.251 e. The molecule has 0 radical (unpaired) electrons. The van der Waals surface area contributed by atoms with E-state index in [4.69, 9.17) is 0 Å². The van der Waals surface area contributed by atoms with Crippen molar-refractivity contribution in [2.45, 2.75) is 33.5 Å². The Morgan fingerprint density at radius 3 is 2.77 bits per heavy atom. The number of hydrogen-bond acceptors (Lipinski definition) is 4. The first-order valence-electron chi connectivity index (χ1n) is 9.83. The topological polar surface area (TPSA) is 63.1 Å². The van der Waals surface area contributed by atoms with E-state index < -0.39 is 0 Å². The molecule has 2 aromatic carbocycles. The van der Waals surface area contributed by atoms with Gasteiger partial charge in [0.25, 0.3) is 5.91 Å². The fourth-order valence-electron chi connectivity index (χ4n) is 3.65. The molecule has 1 aliphatic rings. The zero-order chi connectivity index (χ0) is 21.4. The molecule has 1 N–H and O–H groups in total. The number of amides is 1. The quantitative estimate of drug-likeness (QED) is 0.579. The van der Waals surface area contributed by atoms with Gasteiger partial charge in [-0.15, -0.1) is 10.2 Å². The first kappa shape index (κ1) is 20.5. The predicted octanol–water partition coefficient (Wildman–Crippen LogP) is 4.38. The summed E-state index contributed by atoms with van der Waals surface area (Å²) in [6, 6.07) is 10.5. The minimum atomic E-state index is -0.279. The van der Waals surface area contributed by atoms with E-state index in [1.54, 1.807) is 6.07 Å². The lowest BCUT2D eigenvalue weighted by Gasteiger charge is -2.21. The van der Waals surface area contributed by atoms with Gasteiger partial charge in [-0.25, -0.2) is 4.39 Å². The van der Waals surface area contributed by atoms with Gasteiger partial charge in [-0.2, -0.15) is 0 Å². The molecule has 1 aliphatic heterocycles. The van der Waals surface area contributed by atoms with Crippen molar-refractivity contribution in [1.29, 1.82) is 0 Å². The molecule has 0 atom stereocenters. The van der Waals surface area contributed by atoms with Crippen LogP contribution in [0, 0.1) is 11.7 Å². The summed E-state index contributed by atoms with van der Waals surface area (Å²) in [5, 5.41) is 11.8. The highest BCUT2D eigenvalue weighted by atomic mass is 79.9. The minimum Gasteiger partial charge on any atom is -0.348 e. The number of rotatable bonds is 6. The summed E-state index contributed by atoms with van der Waals surface area (Å²) in [5.41, 5.74) is 3.50. The molecule has 8 heteroatoms. The van der Waals surface area contributed by atoms with Crippen LogP contribution in [0.5, 0.6) is 0 Å². The van der Waals surface area contributed by atoms with Gasteiger partial charge in [-0.1, -0.05) is 48.0 Å². The maximum atomic E-state index is 13.4. The standard InChI is InChI=1S/C22H23BrFN5O/c1-13(2)11-29-20(14-4-5-15-10-25-21(30)18(15)8-14)26-27-22(29)28(3)12-16-6-7-17(24)9-19(16)23/h4-9,13H,10-12H2,1-3H3,(H,25,30). The van der Waals surface area contributed by atoms with Gasteiger partial charge >= 0.3 is 0 Å². The summed E-state index contributed by atoms with van der Waals surface area (Å²) in [6.07, 6.45) is 0. The van der Waals surface area contributed by atoms with Crippen molar-refractivity contribution in [2.75, 3.05) is 11.9 Å². The number of benzene rings is 2. The molecule has 0 bridgehead atoms. The number of anilines is 1. The summed E-state index contributed by atoms with van der Waals surface area (Å²) in [6.45, 7) is 6.12. The molecular formula is C22H23BrFN5O. The Hall–Kier alpha value is -2.74. The van der Waals surface area contributed by atoms with Crippen LogP contribution in [0.1, 0.15) is 35.3 Å². The molecule has 1 amide bonds. The van der Waals surface area contributed by atoms with Gasteiger partial charge < -0.3 is 10.2 Å². The van der Waals surface area contributed by atoms with E-state index in [1.807, 2.05) is 30.1 Å². The van der Waals surface area contributed by atoms with E-state index in [9.17, 15) is 9.18 Å². The van der Waals surface area contributed by atoms with Gasteiger partial charge in [-0.3, -0.25) is 9.36 Å². The van der Waals surface area contributed by atoms with Crippen molar-refractivity contribution in [3.63, 3.8) is 0 Å². The number of aromatic nitrogens is 3. The minimum absolute atomic E-state index is 0.0553. The summed E-state index contributed by atoms with van der Waals surface area (Å²) in [5.74, 6) is 1.49. The van der Waals surface area contributed by atoms with E-state index in [-0.39, 0.29) is 11.7 Å². The number of nitrogens with one attached hydrogen (secondary N) is 1. The highest BCUT2D eigenvalue weighted by Gasteiger charge is 2.23. The Kier molecular flexibility index (Phi) is 5.60. The lowest BCUT2D eigenvalue weighted by atomic mass is 10.1. The monoisotopic (exact) mass is 471 g/mol. The molecule has 0 aliphatic carbocycles. The van der Waals surface area contributed by atoms with Gasteiger partial charge in [0, 0.05) is 42.3 Å². The lowest BCUT2D eigenvalue weighted by Crippen LogP contribution is -2.22. The Morgan fingerprint density at radius 2 is 2.03 bits per heavy atom. The average molecular weight is 472 g/mol. The van der Waals surface area contributed by atoms with Crippen LogP contribution < -0.4 is 10.2 Å². The van der Waals surface area contributed by atoms with Crippen LogP contribution in [0.15, 0.2) is 40.9 Å². The van der Waals surface area contributed by atoms with Crippen LogP contribution >= 0.6 is 15.9 Å². The van der Waals surface area contributed by atoms with Crippen molar-refractivity contribution in [1.82, 2.24) is 20.1 Å². The Morgan fingerprint density at radius 1 is 1.23 bits per heavy atom. The fourth-order valence-corrected chi connectivity index (χ4v) is 4.13. The van der Waals surface area contributed by atoms with E-state index in [0.29, 0.717) is 29.0 Å². The number of carbonyl (C=O) groups is 1. The van der Waals surface area contributed by atoms with Crippen molar-refractivity contribution < 1.29 is 9.18 Å². The van der Waals surface area contributed by atoms with Crippen LogP contribution in [-0.2, 0) is 19.6 Å². The van der Waals surface area contributed by atoms with Crippen molar-refractivity contribution in [3.8, 4) is 11.4 Å². The molecule has 156 valence electrons. The van der Waals surface area contributed by atoms with Crippen molar-refractivity contribution >= 4 is 27.8 Å². The van der Waals surface area contributed by atoms with Gasteiger partial charge in [0.05, 0.1) is 0 Å². The van der Waals surface area contributed by atoms with Crippen LogP contribution in [0.3, 0.4) is 0 Å². The molecule has 0 spiro atoms. The highest BCUT2D eigenvalue weighted by Crippen LogP contribution is 2.28. The molecule has 0 saturated carbocycles. The van der Waals surface area contributed by atoms with E-state index >= 15 is 0 Å². The number of halogens is 2. The van der Waals surface area contributed by atoms with E-state index in [0.717, 1.165) is 35.0 Å². The normalized spacial score (nSPS) is 12.9. The van der Waals surface area contributed by atoms with Crippen LogP contribution in [0.25, 0.3) is 11.4 Å². The van der Waals surface area contributed by atoms with Crippen LogP contribution in [-0.4, -0.2) is 27.7 Å². The predicted molar refractivity (Wildman–Crippen MR) is 118 cm³/mol. The SMILES string of the molecule is CC(C)Cn1c(-c2ccc3c(c2)C(=O)NC3)nnc1N(C)Cc1ccc(F)cc1Br. The molecule has 0 saturated heterocycles. The lowest BCUT2D eigenvalue weighted by molar-refractivity contribution is 0.0966. The Balaban J connectivity index is 1.70. The number of nitrogens with zero attached hydrogens (tertiary/aromatic N) is 4. The Labute approximate surface area is 183 Å². The molecule has 0 fully saturated rings. The van der Waals surface area contributed by atoms with Gasteiger partial charge in [0.15, 0.2) is 5.82 Å². The third-order valence-electron chi connectivity index (χ3n) is 5.10. The van der Waals surface area contributed by atoms with E-state index in [1.165, 1.54) is 12.1 Å². The smallest absolute Gasteiger partial charge is 0.251 e. The first-order chi connectivity index (χ1) is 14.3. The van der Waals surface area contributed by atoms with Crippen molar-refractivity contribution in [3.05, 3.63) is 63.4 Å². The second kappa shape index (κ2) is 8.18. The molecule has 4 rings (SSSR count). The third-order valence-corrected chi connectivity index (χ3v) is 5.83. The Bertz CT molecular complexity index is 1110. The largest absolute Gasteiger partial charge is 0.348 e. The van der Waals surface area contributed by atoms with Crippen LogP contribution in [0.4, 0.5) is 10.3 Å². The zero-order valence-electron chi connectivity index (χ0n) is 17.1. The molecular weight excluding hydrogens is 449 g/mol. The first-order valence-corrected chi connectivity index (χ1v) is 10.6. The molecule has 30 heavy (non-hydrogen) atoms. The van der Waals surface area contributed by atoms with Crippen LogP contribution in [0.2, 0.25) is 0 Å².